The number of halogens is 3. The van der Waals surface area contributed by atoms with Crippen molar-refractivity contribution in [3.8, 4) is 0 Å². The molecule has 0 bridgehead atoms. The molecule has 5 nitrogen and oxygen atoms in total. The van der Waals surface area contributed by atoms with Crippen LogP contribution in [-0.2, 0) is 24.5 Å². The molecule has 0 saturated carbocycles. The molecule has 1 unspecified atom stereocenters. The number of benzene rings is 2. The molecule has 1 fully saturated rings. The molecule has 1 saturated heterocycles. The maximum Gasteiger partial charge on any atom is 0.449 e. The summed E-state index contributed by atoms with van der Waals surface area (Å²) in [5, 5.41) is 0. The van der Waals surface area contributed by atoms with E-state index >= 15 is 0 Å². The van der Waals surface area contributed by atoms with Crippen LogP contribution in [0.4, 0.5) is 13.2 Å². The summed E-state index contributed by atoms with van der Waals surface area (Å²) >= 11 is 0. The number of aromatic nitrogens is 2. The molecule has 1 aliphatic rings. The number of fused-ring (bicyclic) bond motifs is 1. The molecule has 0 spiro atoms. The predicted molar refractivity (Wildman–Crippen MR) is 106 cm³/mol. The van der Waals surface area contributed by atoms with Crippen molar-refractivity contribution in [2.75, 3.05) is 19.7 Å². The monoisotopic (exact) mass is 417 g/mol. The Bertz CT molecular complexity index is 1050. The lowest BCUT2D eigenvalue weighted by atomic mass is 10.1. The van der Waals surface area contributed by atoms with Gasteiger partial charge in [-0.3, -0.25) is 4.90 Å². The molecule has 0 N–H and O–H groups in total. The fraction of sp³-hybridized carbons (Fsp3) is 0.364. The third kappa shape index (κ3) is 4.33. The van der Waals surface area contributed by atoms with Crippen LogP contribution in [0.3, 0.4) is 0 Å². The summed E-state index contributed by atoms with van der Waals surface area (Å²) in [6.45, 7) is 2.94. The number of carbonyl (C=O) groups excluding carboxylic acids is 1. The number of hydrogen-bond donors (Lipinski definition) is 0. The number of nitrogens with zero attached hydrogens (tertiary/aromatic N) is 3. The van der Waals surface area contributed by atoms with E-state index in [1.54, 1.807) is 0 Å². The number of aryl methyl sites for hydroxylation is 1. The molecular formula is C22H22F3N3O2. The smallest absolute Gasteiger partial charge is 0.449 e. The Labute approximate surface area is 172 Å². The topological polar surface area (TPSA) is 47.4 Å². The van der Waals surface area contributed by atoms with Gasteiger partial charge >= 0.3 is 12.1 Å². The molecule has 30 heavy (non-hydrogen) atoms. The minimum atomic E-state index is -4.55. The fourth-order valence-electron chi connectivity index (χ4n) is 3.89. The average molecular weight is 417 g/mol. The number of imidazole rings is 1. The number of alkyl halides is 3. The number of rotatable bonds is 5. The number of carbonyl (C=O) groups is 1. The normalized spacial score (nSPS) is 17.5. The lowest BCUT2D eigenvalue weighted by Gasteiger charge is -2.16. The molecule has 0 radical (unpaired) electrons. The maximum atomic E-state index is 13.0. The molecule has 4 rings (SSSR count). The molecule has 2 heterocycles. The standard InChI is InChI=1S/C22H22F3N3O2/c1-27-19-8-7-17(11-18(19)26-21(27)22(23,24)25)20(29)30-14-16-9-10-28(13-16)12-15-5-3-2-4-6-15/h2-8,11,16H,9-10,12-14H2,1H3. The highest BCUT2D eigenvalue weighted by molar-refractivity contribution is 5.93. The van der Waals surface area contributed by atoms with Gasteiger partial charge in [-0.2, -0.15) is 13.2 Å². The summed E-state index contributed by atoms with van der Waals surface area (Å²) in [7, 11) is 1.30. The second kappa shape index (κ2) is 8.10. The van der Waals surface area contributed by atoms with E-state index in [-0.39, 0.29) is 23.6 Å². The third-order valence-electron chi connectivity index (χ3n) is 5.44. The fourth-order valence-corrected chi connectivity index (χ4v) is 3.89. The highest BCUT2D eigenvalue weighted by Gasteiger charge is 2.36. The largest absolute Gasteiger partial charge is 0.462 e. The summed E-state index contributed by atoms with van der Waals surface area (Å²) in [5.41, 5.74) is 1.88. The van der Waals surface area contributed by atoms with Crippen LogP contribution >= 0.6 is 0 Å². The van der Waals surface area contributed by atoms with Crippen molar-refractivity contribution >= 4 is 17.0 Å². The lowest BCUT2D eigenvalue weighted by Crippen LogP contribution is -2.22. The quantitative estimate of drug-likeness (QED) is 0.582. The van der Waals surface area contributed by atoms with Crippen LogP contribution in [-0.4, -0.2) is 40.1 Å². The zero-order chi connectivity index (χ0) is 21.3. The van der Waals surface area contributed by atoms with Crippen molar-refractivity contribution in [2.45, 2.75) is 19.1 Å². The average Bonchev–Trinajstić information content (AvgIpc) is 3.30. The molecule has 1 aliphatic heterocycles. The number of likely N-dealkylation sites (tertiary alicyclic amines) is 1. The maximum absolute atomic E-state index is 13.0. The van der Waals surface area contributed by atoms with Gasteiger partial charge in [-0.05, 0) is 36.7 Å². The van der Waals surface area contributed by atoms with Crippen molar-refractivity contribution < 1.29 is 22.7 Å². The SMILES string of the molecule is Cn1c(C(F)(F)F)nc2cc(C(=O)OCC3CCN(Cc4ccccc4)C3)ccc21. The van der Waals surface area contributed by atoms with E-state index in [0.29, 0.717) is 5.52 Å². The molecule has 0 aliphatic carbocycles. The van der Waals surface area contributed by atoms with Crippen LogP contribution in [0, 0.1) is 5.92 Å². The van der Waals surface area contributed by atoms with E-state index in [9.17, 15) is 18.0 Å². The van der Waals surface area contributed by atoms with Crippen LogP contribution in [0.2, 0.25) is 0 Å². The van der Waals surface area contributed by atoms with Crippen molar-refractivity contribution in [3.05, 3.63) is 65.5 Å². The molecule has 1 aromatic heterocycles. The van der Waals surface area contributed by atoms with Gasteiger partial charge in [0.15, 0.2) is 0 Å². The van der Waals surface area contributed by atoms with E-state index in [0.717, 1.165) is 30.6 Å². The van der Waals surface area contributed by atoms with Gasteiger partial charge in [0, 0.05) is 26.1 Å². The molecular weight excluding hydrogens is 395 g/mol. The van der Waals surface area contributed by atoms with Crippen LogP contribution in [0.15, 0.2) is 48.5 Å². The predicted octanol–water partition coefficient (Wildman–Crippen LogP) is 4.27. The van der Waals surface area contributed by atoms with Crippen molar-refractivity contribution in [2.24, 2.45) is 13.0 Å². The first-order chi connectivity index (χ1) is 14.3. The Morgan fingerprint density at radius 1 is 1.20 bits per heavy atom. The van der Waals surface area contributed by atoms with Crippen LogP contribution in [0.25, 0.3) is 11.0 Å². The van der Waals surface area contributed by atoms with Crippen molar-refractivity contribution in [1.82, 2.24) is 14.5 Å². The summed E-state index contributed by atoms with van der Waals surface area (Å²) in [6.07, 6.45) is -3.61. The highest BCUT2D eigenvalue weighted by atomic mass is 19.4. The molecule has 2 aromatic carbocycles. The first-order valence-corrected chi connectivity index (χ1v) is 9.78. The van der Waals surface area contributed by atoms with Gasteiger partial charge in [0.1, 0.15) is 0 Å². The van der Waals surface area contributed by atoms with E-state index < -0.39 is 18.0 Å². The van der Waals surface area contributed by atoms with Crippen molar-refractivity contribution in [3.63, 3.8) is 0 Å². The summed E-state index contributed by atoms with van der Waals surface area (Å²) < 4.78 is 45.5. The Balaban J connectivity index is 1.36. The zero-order valence-corrected chi connectivity index (χ0v) is 16.5. The lowest BCUT2D eigenvalue weighted by molar-refractivity contribution is -0.146. The van der Waals surface area contributed by atoms with E-state index in [4.69, 9.17) is 4.74 Å². The van der Waals surface area contributed by atoms with Gasteiger partial charge in [0.2, 0.25) is 5.82 Å². The summed E-state index contributed by atoms with van der Waals surface area (Å²) in [6, 6.07) is 14.5. The van der Waals surface area contributed by atoms with Gasteiger partial charge in [0.25, 0.3) is 0 Å². The van der Waals surface area contributed by atoms with E-state index in [1.807, 2.05) is 18.2 Å². The Hall–Kier alpha value is -2.87. The second-order valence-electron chi connectivity index (χ2n) is 7.67. The number of ether oxygens (including phenoxy) is 1. The number of hydrogen-bond acceptors (Lipinski definition) is 4. The first-order valence-electron chi connectivity index (χ1n) is 9.78. The first kappa shape index (κ1) is 20.4. The minimum absolute atomic E-state index is 0.120. The summed E-state index contributed by atoms with van der Waals surface area (Å²) in [5.74, 6) is -1.29. The van der Waals surface area contributed by atoms with E-state index in [2.05, 4.69) is 22.0 Å². The minimum Gasteiger partial charge on any atom is -0.462 e. The van der Waals surface area contributed by atoms with Gasteiger partial charge in [-0.1, -0.05) is 30.3 Å². The zero-order valence-electron chi connectivity index (χ0n) is 16.5. The Morgan fingerprint density at radius 3 is 2.70 bits per heavy atom. The highest BCUT2D eigenvalue weighted by Crippen LogP contribution is 2.31. The second-order valence-corrected chi connectivity index (χ2v) is 7.67. The van der Waals surface area contributed by atoms with Gasteiger partial charge in [-0.25, -0.2) is 9.78 Å². The third-order valence-corrected chi connectivity index (χ3v) is 5.44. The number of esters is 1. The molecule has 3 aromatic rings. The van der Waals surface area contributed by atoms with Crippen LogP contribution in [0.1, 0.15) is 28.2 Å². The Morgan fingerprint density at radius 2 is 1.97 bits per heavy atom. The van der Waals surface area contributed by atoms with Gasteiger partial charge in [-0.15, -0.1) is 0 Å². The van der Waals surface area contributed by atoms with Gasteiger partial charge < -0.3 is 9.30 Å². The molecule has 1 atom stereocenters. The van der Waals surface area contributed by atoms with Gasteiger partial charge in [0.05, 0.1) is 23.2 Å². The molecule has 0 amide bonds. The van der Waals surface area contributed by atoms with Crippen LogP contribution < -0.4 is 0 Å². The van der Waals surface area contributed by atoms with Crippen molar-refractivity contribution in [1.29, 1.82) is 0 Å². The Kier molecular flexibility index (Phi) is 5.51. The molecule has 158 valence electrons. The van der Waals surface area contributed by atoms with Crippen LogP contribution in [0.5, 0.6) is 0 Å². The summed E-state index contributed by atoms with van der Waals surface area (Å²) in [4.78, 5) is 18.4. The molecule has 8 heteroatoms. The van der Waals surface area contributed by atoms with E-state index in [1.165, 1.54) is 30.8 Å².